The summed E-state index contributed by atoms with van der Waals surface area (Å²) in [7, 11) is 1.30. The van der Waals surface area contributed by atoms with E-state index in [0.717, 1.165) is 43.1 Å². The van der Waals surface area contributed by atoms with E-state index in [1.807, 2.05) is 39.3 Å². The number of rotatable bonds is 12. The van der Waals surface area contributed by atoms with Crippen LogP contribution < -0.4 is 14.4 Å². The summed E-state index contributed by atoms with van der Waals surface area (Å²) in [6.07, 6.45) is -0.772. The summed E-state index contributed by atoms with van der Waals surface area (Å²) in [4.78, 5) is 12.8. The molecule has 0 bridgehead atoms. The van der Waals surface area contributed by atoms with E-state index >= 15 is 0 Å². The van der Waals surface area contributed by atoms with Crippen LogP contribution in [0.2, 0.25) is 0 Å². The fourth-order valence-corrected chi connectivity index (χ4v) is 7.49. The molecule has 8 rings (SSSR count). The molecule has 242 valence electrons. The van der Waals surface area contributed by atoms with E-state index in [2.05, 4.69) is 91.0 Å². The summed E-state index contributed by atoms with van der Waals surface area (Å²) in [6, 6.07) is 37.5. The number of likely N-dealkylation sites (N-methyl/N-ethyl adjacent to an activating group) is 1. The van der Waals surface area contributed by atoms with Crippen molar-refractivity contribution < 1.29 is 32.5 Å². The van der Waals surface area contributed by atoms with Crippen molar-refractivity contribution in [3.8, 4) is 11.5 Å². The minimum atomic E-state index is -4.60. The van der Waals surface area contributed by atoms with Crippen LogP contribution in [0.3, 0.4) is 0 Å². The highest BCUT2D eigenvalue weighted by Gasteiger charge is 2.22. The molecule has 2 atom stereocenters. The fourth-order valence-electron chi connectivity index (χ4n) is 6.76. The molecule has 0 heterocycles. The predicted octanol–water partition coefficient (Wildman–Crippen LogP) is 8.52. The van der Waals surface area contributed by atoms with Crippen LogP contribution in [0.25, 0.3) is 64.6 Å². The Balaban J connectivity index is 1.12. The van der Waals surface area contributed by atoms with Gasteiger partial charge in [0.15, 0.2) is 6.10 Å². The van der Waals surface area contributed by atoms with Gasteiger partial charge in [0.05, 0.1) is 27.7 Å². The number of quaternary nitrogens is 1. The zero-order valence-electron chi connectivity index (χ0n) is 27.1. The molecule has 0 amide bonds. The van der Waals surface area contributed by atoms with Crippen LogP contribution in [0.1, 0.15) is 0 Å². The first-order chi connectivity index (χ1) is 23.1. The topological polar surface area (TPSA) is 77.1 Å². The Morgan fingerprint density at radius 3 is 1.58 bits per heavy atom. The van der Waals surface area contributed by atoms with Crippen LogP contribution in [0.15, 0.2) is 109 Å². The first-order valence-electron chi connectivity index (χ1n) is 16.2. The molecule has 0 N–H and O–H groups in total. The largest absolute Gasteiger partial charge is 0.756 e. The Morgan fingerprint density at radius 1 is 0.583 bits per heavy atom. The molecule has 8 aromatic carbocycles. The number of nitrogens with zero attached hydrogens (tertiary/aromatic N) is 1. The van der Waals surface area contributed by atoms with Crippen molar-refractivity contribution in [3.63, 3.8) is 0 Å². The lowest BCUT2D eigenvalue weighted by Crippen LogP contribution is -2.37. The van der Waals surface area contributed by atoms with Crippen molar-refractivity contribution >= 4 is 72.5 Å². The summed E-state index contributed by atoms with van der Waals surface area (Å²) in [6.45, 7) is 0.295. The van der Waals surface area contributed by atoms with E-state index in [0.29, 0.717) is 22.5 Å². The summed E-state index contributed by atoms with van der Waals surface area (Å²) in [5.41, 5.74) is 0. The maximum atomic E-state index is 12.8. The highest BCUT2D eigenvalue weighted by atomic mass is 31.2. The average molecular weight is 658 g/mol. The molecule has 0 aliphatic heterocycles. The minimum absolute atomic E-state index is 0.0179. The number of ether oxygens (including phenoxy) is 2. The van der Waals surface area contributed by atoms with E-state index in [4.69, 9.17) is 18.5 Å². The minimum Gasteiger partial charge on any atom is -0.756 e. The van der Waals surface area contributed by atoms with Crippen molar-refractivity contribution in [3.05, 3.63) is 109 Å². The van der Waals surface area contributed by atoms with Crippen LogP contribution >= 0.6 is 7.82 Å². The number of benzene rings is 8. The van der Waals surface area contributed by atoms with E-state index in [1.54, 1.807) is 0 Å². The monoisotopic (exact) mass is 657 g/mol. The second-order valence-electron chi connectivity index (χ2n) is 13.5. The van der Waals surface area contributed by atoms with Gasteiger partial charge in [-0.05, 0) is 67.4 Å². The second kappa shape index (κ2) is 11.9. The molecule has 1 unspecified atom stereocenters. The van der Waals surface area contributed by atoms with E-state index in [9.17, 15) is 9.46 Å². The van der Waals surface area contributed by atoms with Gasteiger partial charge in [-0.2, -0.15) is 0 Å². The number of hydrogen-bond donors (Lipinski definition) is 0. The smallest absolute Gasteiger partial charge is 0.268 e. The molecule has 0 saturated carbocycles. The van der Waals surface area contributed by atoms with Crippen molar-refractivity contribution in [1.29, 1.82) is 0 Å². The summed E-state index contributed by atoms with van der Waals surface area (Å²) in [5, 5.41) is 13.4. The molecule has 8 heteroatoms. The van der Waals surface area contributed by atoms with Crippen molar-refractivity contribution in [2.24, 2.45) is 0 Å². The molecule has 0 radical (unpaired) electrons. The third-order valence-electron chi connectivity index (χ3n) is 9.13. The van der Waals surface area contributed by atoms with Gasteiger partial charge in [0.2, 0.25) is 0 Å². The summed E-state index contributed by atoms with van der Waals surface area (Å²) < 4.78 is 37.1. The van der Waals surface area contributed by atoms with Crippen molar-refractivity contribution in [2.45, 2.75) is 6.10 Å². The van der Waals surface area contributed by atoms with Gasteiger partial charge in [0.25, 0.3) is 7.82 Å². The van der Waals surface area contributed by atoms with Gasteiger partial charge in [-0.25, -0.2) is 0 Å². The molecule has 0 aliphatic carbocycles. The lowest BCUT2D eigenvalue weighted by atomic mass is 9.94. The number of phosphoric acid groups is 1. The molecule has 0 aromatic heterocycles. The molecular weight excluding hydrogens is 621 g/mol. The van der Waals surface area contributed by atoms with Crippen molar-refractivity contribution in [2.75, 3.05) is 47.5 Å². The van der Waals surface area contributed by atoms with Crippen LogP contribution in [-0.2, 0) is 13.6 Å². The fraction of sp³-hybridized carbons (Fsp3) is 0.200. The third kappa shape index (κ3) is 5.79. The third-order valence-corrected chi connectivity index (χ3v) is 10.1. The lowest BCUT2D eigenvalue weighted by Gasteiger charge is -2.29. The lowest BCUT2D eigenvalue weighted by molar-refractivity contribution is -0.870. The van der Waals surface area contributed by atoms with E-state index < -0.39 is 13.9 Å². The Morgan fingerprint density at radius 2 is 1.04 bits per heavy atom. The normalized spacial score (nSPS) is 14.5. The van der Waals surface area contributed by atoms with Gasteiger partial charge < -0.3 is 27.9 Å². The van der Waals surface area contributed by atoms with Crippen LogP contribution in [0.4, 0.5) is 0 Å². The van der Waals surface area contributed by atoms with Crippen LogP contribution in [0.5, 0.6) is 11.5 Å². The highest BCUT2D eigenvalue weighted by molar-refractivity contribution is 7.45. The summed E-state index contributed by atoms with van der Waals surface area (Å²) in [5.74, 6) is 1.31. The molecule has 7 nitrogen and oxygen atoms in total. The zero-order valence-corrected chi connectivity index (χ0v) is 28.0. The quantitative estimate of drug-likeness (QED) is 0.0745. The summed E-state index contributed by atoms with van der Waals surface area (Å²) >= 11 is 0. The Hall–Kier alpha value is -4.49. The van der Waals surface area contributed by atoms with Gasteiger partial charge in [-0.15, -0.1) is 0 Å². The maximum absolute atomic E-state index is 12.8. The molecule has 0 saturated heterocycles. The Kier molecular flexibility index (Phi) is 7.63. The molecule has 0 aliphatic rings. The first kappa shape index (κ1) is 30.8. The second-order valence-corrected chi connectivity index (χ2v) is 14.9. The van der Waals surface area contributed by atoms with Crippen molar-refractivity contribution in [1.82, 2.24) is 0 Å². The SMILES string of the molecule is C[N+](C)(C)CCOP(=O)([O-])OC[C@@H](COc1ccc2ccc3cccc4ccc1c2c34)Oc1ccc2ccc3cccc4ccc1c2c34. The zero-order chi connectivity index (χ0) is 33.0. The first-order valence-corrected chi connectivity index (χ1v) is 17.6. The van der Waals surface area contributed by atoms with Crippen LogP contribution in [-0.4, -0.2) is 58.1 Å². The standard InChI is InChI=1S/C40H36NO6P/c1-41(2,3)22-23-45-48(42,43)46-25-32(47-36-21-17-31-13-11-27-7-5-9-29-15-19-34(36)40(31)38(27)29)24-44-35-20-16-30-12-10-26-6-4-8-28-14-18-33(35)39(30)37(26)28/h4-21,32H,22-25H2,1-3H3/t32-/m1/s1. The molecule has 0 spiro atoms. The van der Waals surface area contributed by atoms with Crippen LogP contribution in [0, 0.1) is 0 Å². The number of hydrogen-bond acceptors (Lipinski definition) is 6. The molecule has 48 heavy (non-hydrogen) atoms. The molecular formula is C40H36NO6P. The van der Waals surface area contributed by atoms with Gasteiger partial charge in [-0.1, -0.05) is 84.9 Å². The average Bonchev–Trinajstić information content (AvgIpc) is 3.07. The van der Waals surface area contributed by atoms with E-state index in [-0.39, 0.29) is 19.8 Å². The Bertz CT molecular complexity index is 2440. The maximum Gasteiger partial charge on any atom is 0.268 e. The van der Waals surface area contributed by atoms with Gasteiger partial charge >= 0.3 is 0 Å². The highest BCUT2D eigenvalue weighted by Crippen LogP contribution is 2.42. The van der Waals surface area contributed by atoms with E-state index in [1.165, 1.54) is 21.5 Å². The molecule has 8 aromatic rings. The van der Waals surface area contributed by atoms with Gasteiger partial charge in [0.1, 0.15) is 31.3 Å². The predicted molar refractivity (Wildman–Crippen MR) is 193 cm³/mol. The number of phosphoric ester groups is 1. The van der Waals surface area contributed by atoms with Gasteiger partial charge in [-0.3, -0.25) is 4.57 Å². The molecule has 0 fully saturated rings. The van der Waals surface area contributed by atoms with Gasteiger partial charge in [0, 0.05) is 21.5 Å². The Labute approximate surface area is 278 Å².